The van der Waals surface area contributed by atoms with Crippen LogP contribution in [0.1, 0.15) is 0 Å². The van der Waals surface area contributed by atoms with Crippen LogP contribution in [0, 0.1) is 4.77 Å². The van der Waals surface area contributed by atoms with Gasteiger partial charge in [-0.3, -0.25) is 9.67 Å². The first-order chi connectivity index (χ1) is 7.33. The summed E-state index contributed by atoms with van der Waals surface area (Å²) in [4.78, 5) is 4.20. The summed E-state index contributed by atoms with van der Waals surface area (Å²) in [5, 5.41) is 8.84. The summed E-state index contributed by atoms with van der Waals surface area (Å²) in [6.07, 6.45) is 0. The second kappa shape index (κ2) is 4.65. The molecule has 0 aliphatic rings. The number of nitrogens with one attached hydrogen (secondary N) is 1. The number of aromatic amines is 1. The Morgan fingerprint density at radius 1 is 1.67 bits per heavy atom. The molecule has 0 radical (unpaired) electrons. The summed E-state index contributed by atoms with van der Waals surface area (Å²) in [6.45, 7) is 1.28. The summed E-state index contributed by atoms with van der Waals surface area (Å²) in [5.74, 6) is 0.762. The predicted molar refractivity (Wildman–Crippen MR) is 60.4 cm³/mol. The van der Waals surface area contributed by atoms with Crippen molar-refractivity contribution in [3.8, 4) is 11.5 Å². The Balaban J connectivity index is 2.36. The molecular weight excluding hydrogens is 232 g/mol. The molecule has 0 atom stereocenters. The molecule has 0 saturated heterocycles. The van der Waals surface area contributed by atoms with Crippen LogP contribution in [-0.2, 0) is 11.3 Å². The van der Waals surface area contributed by atoms with Gasteiger partial charge in [0.2, 0.25) is 0 Å². The molecule has 0 aliphatic heterocycles. The third kappa shape index (κ3) is 2.14. The average Bonchev–Trinajstić information content (AvgIpc) is 2.84. The van der Waals surface area contributed by atoms with E-state index in [2.05, 4.69) is 15.2 Å². The van der Waals surface area contributed by atoms with Gasteiger partial charge in [-0.25, -0.2) is 4.98 Å². The predicted octanol–water partition coefficient (Wildman–Crippen LogP) is 1.71. The van der Waals surface area contributed by atoms with E-state index in [0.717, 1.165) is 11.5 Å². The highest BCUT2D eigenvalue weighted by atomic mass is 32.1. The van der Waals surface area contributed by atoms with Crippen molar-refractivity contribution in [2.45, 2.75) is 6.54 Å². The van der Waals surface area contributed by atoms with Gasteiger partial charge in [-0.1, -0.05) is 0 Å². The van der Waals surface area contributed by atoms with Crippen molar-refractivity contribution in [2.75, 3.05) is 13.7 Å². The van der Waals surface area contributed by atoms with Crippen LogP contribution in [0.4, 0.5) is 0 Å². The minimum Gasteiger partial charge on any atom is -0.383 e. The van der Waals surface area contributed by atoms with Gasteiger partial charge in [0.05, 0.1) is 18.7 Å². The van der Waals surface area contributed by atoms with E-state index < -0.39 is 0 Å². The molecule has 2 aromatic rings. The zero-order valence-corrected chi connectivity index (χ0v) is 9.77. The van der Waals surface area contributed by atoms with E-state index in [9.17, 15) is 0 Å². The molecule has 7 heteroatoms. The number of rotatable bonds is 4. The summed E-state index contributed by atoms with van der Waals surface area (Å²) < 4.78 is 7.49. The fourth-order valence-corrected chi connectivity index (χ4v) is 1.98. The molecule has 0 aromatic carbocycles. The maximum atomic E-state index is 5.13. The summed E-state index contributed by atoms with van der Waals surface area (Å²) in [6, 6.07) is 0. The van der Waals surface area contributed by atoms with Gasteiger partial charge < -0.3 is 4.74 Å². The third-order valence-electron chi connectivity index (χ3n) is 1.94. The fourth-order valence-electron chi connectivity index (χ4n) is 1.23. The molecule has 0 spiro atoms. The number of ether oxygens (including phenoxy) is 1. The van der Waals surface area contributed by atoms with E-state index in [1.807, 2.05) is 9.95 Å². The Morgan fingerprint density at radius 2 is 2.53 bits per heavy atom. The lowest BCUT2D eigenvalue weighted by atomic mass is 10.4. The minimum absolute atomic E-state index is 0.593. The maximum absolute atomic E-state index is 5.13. The standard InChI is InChI=1S/C8H10N4OS2/c1-13-3-2-12-7(10-11-8(12)14)6-4-15-5-9-6/h4-5H,2-3H2,1H3,(H,11,14). The van der Waals surface area contributed by atoms with Crippen molar-refractivity contribution >= 4 is 23.6 Å². The van der Waals surface area contributed by atoms with Gasteiger partial charge in [0.15, 0.2) is 10.6 Å². The molecule has 15 heavy (non-hydrogen) atoms. The van der Waals surface area contributed by atoms with Crippen LogP contribution in [0.2, 0.25) is 0 Å². The van der Waals surface area contributed by atoms with Crippen LogP contribution in [0.15, 0.2) is 10.9 Å². The fraction of sp³-hybridized carbons (Fsp3) is 0.375. The Labute approximate surface area is 95.7 Å². The number of hydrogen-bond acceptors (Lipinski definition) is 5. The van der Waals surface area contributed by atoms with Crippen LogP contribution in [0.25, 0.3) is 11.5 Å². The topological polar surface area (TPSA) is 55.7 Å². The first-order valence-electron chi connectivity index (χ1n) is 4.35. The van der Waals surface area contributed by atoms with Crippen LogP contribution in [0.3, 0.4) is 0 Å². The van der Waals surface area contributed by atoms with Gasteiger partial charge in [0.1, 0.15) is 5.69 Å². The average molecular weight is 242 g/mol. The van der Waals surface area contributed by atoms with Crippen molar-refractivity contribution in [3.63, 3.8) is 0 Å². The van der Waals surface area contributed by atoms with Gasteiger partial charge in [0.25, 0.3) is 0 Å². The highest BCUT2D eigenvalue weighted by Crippen LogP contribution is 2.16. The molecule has 0 saturated carbocycles. The highest BCUT2D eigenvalue weighted by molar-refractivity contribution is 7.71. The van der Waals surface area contributed by atoms with Crippen LogP contribution < -0.4 is 0 Å². The van der Waals surface area contributed by atoms with Crippen LogP contribution >= 0.6 is 23.6 Å². The lowest BCUT2D eigenvalue weighted by Crippen LogP contribution is -2.06. The molecule has 2 heterocycles. The second-order valence-electron chi connectivity index (χ2n) is 2.87. The van der Waals surface area contributed by atoms with Crippen molar-refractivity contribution in [1.29, 1.82) is 0 Å². The van der Waals surface area contributed by atoms with E-state index in [4.69, 9.17) is 17.0 Å². The Bertz CT molecular complexity index is 473. The van der Waals surface area contributed by atoms with E-state index in [1.165, 1.54) is 11.3 Å². The zero-order chi connectivity index (χ0) is 10.7. The number of hydrogen-bond donors (Lipinski definition) is 1. The smallest absolute Gasteiger partial charge is 0.195 e. The lowest BCUT2D eigenvalue weighted by Gasteiger charge is -2.03. The van der Waals surface area contributed by atoms with Crippen LogP contribution in [-0.4, -0.2) is 33.5 Å². The summed E-state index contributed by atoms with van der Waals surface area (Å²) >= 11 is 6.66. The molecule has 0 bridgehead atoms. The number of aromatic nitrogens is 4. The van der Waals surface area contributed by atoms with E-state index in [-0.39, 0.29) is 0 Å². The summed E-state index contributed by atoms with van der Waals surface area (Å²) in [7, 11) is 1.66. The molecular formula is C8H10N4OS2. The van der Waals surface area contributed by atoms with Crippen molar-refractivity contribution < 1.29 is 4.74 Å². The van der Waals surface area contributed by atoms with Crippen molar-refractivity contribution in [1.82, 2.24) is 19.7 Å². The number of H-pyrrole nitrogens is 1. The molecule has 2 rings (SSSR count). The first-order valence-corrected chi connectivity index (χ1v) is 5.70. The van der Waals surface area contributed by atoms with E-state index in [0.29, 0.717) is 17.9 Å². The largest absolute Gasteiger partial charge is 0.383 e. The van der Waals surface area contributed by atoms with Crippen molar-refractivity contribution in [2.24, 2.45) is 0 Å². The Morgan fingerprint density at radius 3 is 3.20 bits per heavy atom. The number of nitrogens with zero attached hydrogens (tertiary/aromatic N) is 3. The number of methoxy groups -OCH3 is 1. The minimum atomic E-state index is 0.593. The van der Waals surface area contributed by atoms with Crippen molar-refractivity contribution in [3.05, 3.63) is 15.7 Å². The molecule has 2 aromatic heterocycles. The monoisotopic (exact) mass is 242 g/mol. The van der Waals surface area contributed by atoms with Gasteiger partial charge >= 0.3 is 0 Å². The second-order valence-corrected chi connectivity index (χ2v) is 3.98. The Kier molecular flexibility index (Phi) is 3.24. The molecule has 0 aliphatic carbocycles. The quantitative estimate of drug-likeness (QED) is 0.829. The van der Waals surface area contributed by atoms with Gasteiger partial charge in [-0.05, 0) is 12.2 Å². The maximum Gasteiger partial charge on any atom is 0.195 e. The summed E-state index contributed by atoms with van der Waals surface area (Å²) in [5.41, 5.74) is 2.61. The van der Waals surface area contributed by atoms with E-state index >= 15 is 0 Å². The Hall–Kier alpha value is -1.05. The number of thiazole rings is 1. The van der Waals surface area contributed by atoms with E-state index in [1.54, 1.807) is 12.6 Å². The zero-order valence-electron chi connectivity index (χ0n) is 8.14. The molecule has 5 nitrogen and oxygen atoms in total. The van der Waals surface area contributed by atoms with Crippen LogP contribution in [0.5, 0.6) is 0 Å². The molecule has 0 unspecified atom stereocenters. The third-order valence-corrected chi connectivity index (χ3v) is 2.84. The van der Waals surface area contributed by atoms with Gasteiger partial charge in [-0.2, -0.15) is 5.10 Å². The molecule has 0 amide bonds. The normalized spacial score (nSPS) is 10.7. The molecule has 0 fully saturated rings. The SMILES string of the molecule is COCCn1c(-c2cscn2)n[nH]c1=S. The van der Waals surface area contributed by atoms with Gasteiger partial charge in [0, 0.05) is 12.5 Å². The molecule has 80 valence electrons. The lowest BCUT2D eigenvalue weighted by molar-refractivity contribution is 0.187. The highest BCUT2D eigenvalue weighted by Gasteiger charge is 2.09. The van der Waals surface area contributed by atoms with Gasteiger partial charge in [-0.15, -0.1) is 11.3 Å². The molecule has 1 N–H and O–H groups in total. The first kappa shape index (κ1) is 10.5.